The van der Waals surface area contributed by atoms with Crippen LogP contribution in [0.3, 0.4) is 0 Å². The van der Waals surface area contributed by atoms with E-state index >= 15 is 0 Å². The molecule has 4 rings (SSSR count). The smallest absolute Gasteiger partial charge is 0.187 e. The van der Waals surface area contributed by atoms with E-state index in [1.807, 2.05) is 60.7 Å². The molecule has 2 aromatic carbocycles. The van der Waals surface area contributed by atoms with E-state index in [0.717, 1.165) is 11.1 Å². The molecule has 0 bridgehead atoms. The molecule has 0 spiro atoms. The van der Waals surface area contributed by atoms with Gasteiger partial charge in [0.25, 0.3) is 0 Å². The molecule has 2 fully saturated rings. The second kappa shape index (κ2) is 7.84. The van der Waals surface area contributed by atoms with Crippen LogP contribution in [-0.2, 0) is 25.6 Å². The van der Waals surface area contributed by atoms with Crippen molar-refractivity contribution in [3.8, 4) is 0 Å². The van der Waals surface area contributed by atoms with Gasteiger partial charge in [0.1, 0.15) is 24.4 Å². The Bertz CT molecular complexity index is 692. The molecule has 2 aliphatic heterocycles. The molecular weight excluding hydrogens is 336 g/mol. The lowest BCUT2D eigenvalue weighted by molar-refractivity contribution is -0.362. The summed E-state index contributed by atoms with van der Waals surface area (Å²) in [4.78, 5) is 0. The number of aliphatic hydroxyl groups is 2. The highest BCUT2D eigenvalue weighted by molar-refractivity contribution is 5.17. The molecule has 0 aromatic heterocycles. The number of hydrogen-bond donors (Lipinski definition) is 2. The van der Waals surface area contributed by atoms with Crippen molar-refractivity contribution in [1.29, 1.82) is 0 Å². The van der Waals surface area contributed by atoms with Crippen molar-refractivity contribution in [3.05, 3.63) is 71.8 Å². The summed E-state index contributed by atoms with van der Waals surface area (Å²) in [6, 6.07) is 19.1. The van der Waals surface area contributed by atoms with Gasteiger partial charge in [-0.25, -0.2) is 0 Å². The molecular formula is C20H22O6. The number of rotatable bonds is 4. The first-order valence-corrected chi connectivity index (χ1v) is 8.71. The summed E-state index contributed by atoms with van der Waals surface area (Å²) in [5.74, 6) is 0. The Balaban J connectivity index is 1.40. The molecule has 0 amide bonds. The molecule has 6 nitrogen and oxygen atoms in total. The molecule has 3 unspecified atom stereocenters. The first-order chi connectivity index (χ1) is 12.7. The van der Waals surface area contributed by atoms with E-state index in [-0.39, 0.29) is 13.2 Å². The molecule has 2 N–H and O–H groups in total. The summed E-state index contributed by atoms with van der Waals surface area (Å²) >= 11 is 0. The van der Waals surface area contributed by atoms with Gasteiger partial charge in [-0.1, -0.05) is 60.7 Å². The molecule has 138 valence electrons. The first kappa shape index (κ1) is 17.6. The molecule has 2 aromatic rings. The number of fused-ring (bicyclic) bond motifs is 1. The molecule has 26 heavy (non-hydrogen) atoms. The Kier molecular flexibility index (Phi) is 5.31. The third-order valence-electron chi connectivity index (χ3n) is 4.66. The van der Waals surface area contributed by atoms with E-state index in [1.54, 1.807) is 0 Å². The summed E-state index contributed by atoms with van der Waals surface area (Å²) in [7, 11) is 0. The van der Waals surface area contributed by atoms with Gasteiger partial charge in [-0.3, -0.25) is 0 Å². The van der Waals surface area contributed by atoms with Crippen LogP contribution in [0.1, 0.15) is 17.4 Å². The van der Waals surface area contributed by atoms with E-state index in [0.29, 0.717) is 0 Å². The van der Waals surface area contributed by atoms with Gasteiger partial charge in [-0.2, -0.15) is 0 Å². The van der Waals surface area contributed by atoms with E-state index < -0.39 is 37.0 Å². The topological polar surface area (TPSA) is 77.4 Å². The van der Waals surface area contributed by atoms with Crippen molar-refractivity contribution in [2.75, 3.05) is 6.61 Å². The third kappa shape index (κ3) is 3.66. The van der Waals surface area contributed by atoms with Gasteiger partial charge in [0.15, 0.2) is 12.6 Å². The summed E-state index contributed by atoms with van der Waals surface area (Å²) in [5, 5.41) is 20.9. The molecule has 0 saturated carbocycles. The zero-order valence-corrected chi connectivity index (χ0v) is 14.2. The highest BCUT2D eigenvalue weighted by Crippen LogP contribution is 2.34. The number of aliphatic hydroxyl groups excluding tert-OH is 2. The summed E-state index contributed by atoms with van der Waals surface area (Å²) in [5.41, 5.74) is 1.82. The Morgan fingerprint density at radius 1 is 0.885 bits per heavy atom. The van der Waals surface area contributed by atoms with Crippen LogP contribution in [0.25, 0.3) is 0 Å². The van der Waals surface area contributed by atoms with Crippen molar-refractivity contribution in [2.45, 2.75) is 43.6 Å². The number of benzene rings is 2. The maximum absolute atomic E-state index is 10.5. The quantitative estimate of drug-likeness (QED) is 0.867. The summed E-state index contributed by atoms with van der Waals surface area (Å²) < 4.78 is 23.1. The molecule has 6 atom stereocenters. The predicted octanol–water partition coefficient (Wildman–Crippen LogP) is 1.76. The van der Waals surface area contributed by atoms with Crippen LogP contribution in [0.15, 0.2) is 60.7 Å². The van der Waals surface area contributed by atoms with Gasteiger partial charge in [-0.15, -0.1) is 0 Å². The Morgan fingerprint density at radius 3 is 2.31 bits per heavy atom. The zero-order chi connectivity index (χ0) is 17.9. The van der Waals surface area contributed by atoms with E-state index in [1.165, 1.54) is 0 Å². The third-order valence-corrected chi connectivity index (χ3v) is 4.66. The van der Waals surface area contributed by atoms with Gasteiger partial charge in [0, 0.05) is 5.56 Å². The van der Waals surface area contributed by atoms with Gasteiger partial charge in [-0.05, 0) is 5.56 Å². The summed E-state index contributed by atoms with van der Waals surface area (Å²) in [6.07, 6.45) is -5.04. The average molecular weight is 358 g/mol. The molecule has 0 aliphatic carbocycles. The lowest BCUT2D eigenvalue weighted by atomic mass is 9.98. The van der Waals surface area contributed by atoms with E-state index in [4.69, 9.17) is 18.9 Å². The van der Waals surface area contributed by atoms with Gasteiger partial charge >= 0.3 is 0 Å². The van der Waals surface area contributed by atoms with Crippen molar-refractivity contribution in [3.63, 3.8) is 0 Å². The van der Waals surface area contributed by atoms with Crippen LogP contribution in [0.4, 0.5) is 0 Å². The molecule has 6 heteroatoms. The fourth-order valence-electron chi connectivity index (χ4n) is 3.25. The highest BCUT2D eigenvalue weighted by atomic mass is 16.8. The average Bonchev–Trinajstić information content (AvgIpc) is 2.71. The van der Waals surface area contributed by atoms with Crippen molar-refractivity contribution < 1.29 is 29.2 Å². The first-order valence-electron chi connectivity index (χ1n) is 8.71. The van der Waals surface area contributed by atoms with E-state index in [2.05, 4.69) is 0 Å². The molecule has 0 radical (unpaired) electrons. The second-order valence-corrected chi connectivity index (χ2v) is 6.50. The van der Waals surface area contributed by atoms with E-state index in [9.17, 15) is 10.2 Å². The maximum Gasteiger partial charge on any atom is 0.187 e. The van der Waals surface area contributed by atoms with Crippen molar-refractivity contribution >= 4 is 0 Å². The molecule has 2 heterocycles. The molecule has 2 saturated heterocycles. The maximum atomic E-state index is 10.5. The minimum atomic E-state index is -1.20. The van der Waals surface area contributed by atoms with Gasteiger partial charge in [0.05, 0.1) is 13.2 Å². The minimum Gasteiger partial charge on any atom is -0.387 e. The largest absolute Gasteiger partial charge is 0.387 e. The van der Waals surface area contributed by atoms with Crippen LogP contribution >= 0.6 is 0 Å². The Morgan fingerprint density at radius 2 is 1.58 bits per heavy atom. The van der Waals surface area contributed by atoms with Crippen LogP contribution in [0, 0.1) is 0 Å². The number of hydrogen-bond acceptors (Lipinski definition) is 6. The normalized spacial score (nSPS) is 34.2. The van der Waals surface area contributed by atoms with Crippen LogP contribution < -0.4 is 0 Å². The van der Waals surface area contributed by atoms with Crippen LogP contribution in [-0.4, -0.2) is 47.5 Å². The lowest BCUT2D eigenvalue weighted by Crippen LogP contribution is -2.62. The predicted molar refractivity (Wildman–Crippen MR) is 91.9 cm³/mol. The van der Waals surface area contributed by atoms with Crippen LogP contribution in [0.5, 0.6) is 0 Å². The van der Waals surface area contributed by atoms with Crippen LogP contribution in [0.2, 0.25) is 0 Å². The fourth-order valence-corrected chi connectivity index (χ4v) is 3.25. The zero-order valence-electron chi connectivity index (χ0n) is 14.2. The Hall–Kier alpha value is -1.80. The monoisotopic (exact) mass is 358 g/mol. The van der Waals surface area contributed by atoms with Gasteiger partial charge < -0.3 is 29.2 Å². The lowest BCUT2D eigenvalue weighted by Gasteiger charge is -2.46. The Labute approximate surface area is 151 Å². The van der Waals surface area contributed by atoms with Gasteiger partial charge in [0.2, 0.25) is 0 Å². The standard InChI is InChI=1S/C20H22O6/c21-16-17(22)20(23-11-13-7-3-1-4-8-13)25-15-12-24-19(26-18(15)16)14-9-5-2-6-10-14/h1-10,15-22H,11-12H2/t15?,16-,17?,18-,19?,20+/m0/s1. The minimum absolute atomic E-state index is 0.249. The number of ether oxygens (including phenoxy) is 4. The van der Waals surface area contributed by atoms with Crippen molar-refractivity contribution in [2.24, 2.45) is 0 Å². The summed E-state index contributed by atoms with van der Waals surface area (Å²) in [6.45, 7) is 0.528. The highest BCUT2D eigenvalue weighted by Gasteiger charge is 2.49. The SMILES string of the molecule is OC1[C@H](OCc2ccccc2)OC2COC(c3ccccc3)O[C@@H]2[C@H]1O. The molecule has 2 aliphatic rings. The second-order valence-electron chi connectivity index (χ2n) is 6.50. The van der Waals surface area contributed by atoms with Crippen molar-refractivity contribution in [1.82, 2.24) is 0 Å². The fraction of sp³-hybridized carbons (Fsp3) is 0.400.